The van der Waals surface area contributed by atoms with Gasteiger partial charge in [0.1, 0.15) is 5.82 Å². The van der Waals surface area contributed by atoms with E-state index in [1.54, 1.807) is 17.0 Å². The summed E-state index contributed by atoms with van der Waals surface area (Å²) in [5.74, 6) is -0.0296. The number of rotatable bonds is 5. The number of aromatic nitrogens is 4. The number of tetrazole rings is 1. The van der Waals surface area contributed by atoms with E-state index in [-0.39, 0.29) is 10.9 Å². The summed E-state index contributed by atoms with van der Waals surface area (Å²) in [5.41, 5.74) is 6.09. The summed E-state index contributed by atoms with van der Waals surface area (Å²) in [6.45, 7) is 2.43. The van der Waals surface area contributed by atoms with E-state index in [0.29, 0.717) is 24.4 Å². The van der Waals surface area contributed by atoms with Crippen molar-refractivity contribution < 1.29 is 8.60 Å². The highest BCUT2D eigenvalue weighted by molar-refractivity contribution is 7.84. The Labute approximate surface area is 118 Å². The molecule has 6 nitrogen and oxygen atoms in total. The molecule has 8 heteroatoms. The minimum atomic E-state index is -0.888. The third-order valence-corrected chi connectivity index (χ3v) is 4.47. The molecule has 1 heterocycles. The van der Waals surface area contributed by atoms with Gasteiger partial charge in [-0.25, -0.2) is 9.07 Å². The van der Waals surface area contributed by atoms with E-state index >= 15 is 0 Å². The molecule has 0 spiro atoms. The first-order chi connectivity index (χ1) is 9.49. The number of benzene rings is 1. The molecule has 108 valence electrons. The Bertz CT molecular complexity index is 630. The molecule has 2 unspecified atom stereocenters. The average molecular weight is 297 g/mol. The van der Waals surface area contributed by atoms with Gasteiger partial charge in [0.25, 0.3) is 0 Å². The number of aryl methyl sites for hydroxylation is 1. The van der Waals surface area contributed by atoms with Gasteiger partial charge in [-0.3, -0.25) is 4.21 Å². The smallest absolute Gasteiger partial charge is 0.182 e. The number of nitrogens with two attached hydrogens (primary N) is 1. The molecule has 2 rings (SSSR count). The van der Waals surface area contributed by atoms with Crippen molar-refractivity contribution in [2.24, 2.45) is 0 Å². The summed E-state index contributed by atoms with van der Waals surface area (Å²) >= 11 is 0. The fourth-order valence-corrected chi connectivity index (χ4v) is 2.14. The number of hydrogen-bond acceptors (Lipinski definition) is 5. The summed E-state index contributed by atoms with van der Waals surface area (Å²) in [6, 6.07) is 4.45. The van der Waals surface area contributed by atoms with E-state index in [0.717, 1.165) is 0 Å². The molecule has 0 bridgehead atoms. The van der Waals surface area contributed by atoms with E-state index in [4.69, 9.17) is 5.73 Å². The Balaban J connectivity index is 2.19. The summed E-state index contributed by atoms with van der Waals surface area (Å²) in [4.78, 5) is 0. The van der Waals surface area contributed by atoms with Crippen molar-refractivity contribution in [3.05, 3.63) is 24.0 Å². The van der Waals surface area contributed by atoms with Crippen LogP contribution in [0, 0.1) is 5.82 Å². The highest BCUT2D eigenvalue weighted by Gasteiger charge is 2.13. The predicted octanol–water partition coefficient (Wildman–Crippen LogP) is 1.22. The fourth-order valence-electron chi connectivity index (χ4n) is 1.70. The first-order valence-electron chi connectivity index (χ1n) is 6.13. The van der Waals surface area contributed by atoms with Crippen molar-refractivity contribution in [3.8, 4) is 11.4 Å². The van der Waals surface area contributed by atoms with Crippen LogP contribution in [0.15, 0.2) is 18.2 Å². The first-order valence-corrected chi connectivity index (χ1v) is 7.75. The summed E-state index contributed by atoms with van der Waals surface area (Å²) in [5, 5.41) is 11.4. The lowest BCUT2D eigenvalue weighted by atomic mass is 10.2. The molecule has 20 heavy (non-hydrogen) atoms. The Morgan fingerprint density at radius 2 is 2.25 bits per heavy atom. The lowest BCUT2D eigenvalue weighted by molar-refractivity contribution is 0.556. The largest absolute Gasteiger partial charge is 0.396 e. The van der Waals surface area contributed by atoms with Crippen LogP contribution in [-0.2, 0) is 17.3 Å². The molecule has 0 aliphatic heterocycles. The zero-order chi connectivity index (χ0) is 14.7. The minimum Gasteiger partial charge on any atom is -0.396 e. The molecular weight excluding hydrogens is 281 g/mol. The van der Waals surface area contributed by atoms with Gasteiger partial charge in [-0.2, -0.15) is 0 Å². The van der Waals surface area contributed by atoms with Crippen LogP contribution in [-0.4, -0.2) is 35.9 Å². The van der Waals surface area contributed by atoms with E-state index in [2.05, 4.69) is 15.5 Å². The topological polar surface area (TPSA) is 86.7 Å². The van der Waals surface area contributed by atoms with Crippen LogP contribution in [0.1, 0.15) is 13.3 Å². The maximum absolute atomic E-state index is 13.5. The van der Waals surface area contributed by atoms with E-state index in [1.165, 1.54) is 12.1 Å². The highest BCUT2D eigenvalue weighted by Crippen LogP contribution is 2.20. The lowest BCUT2D eigenvalue weighted by Gasteiger charge is -2.09. The zero-order valence-electron chi connectivity index (χ0n) is 11.3. The molecule has 0 saturated carbocycles. The Kier molecular flexibility index (Phi) is 4.43. The standard InChI is InChI=1S/C12H16FN5OS/c1-8(20(2)19)5-6-18-12(15-16-17-18)9-3-4-11(14)10(13)7-9/h3-4,7-8H,5-6,14H2,1-2H3. The van der Waals surface area contributed by atoms with Crippen molar-refractivity contribution >= 4 is 16.5 Å². The van der Waals surface area contributed by atoms with Crippen LogP contribution >= 0.6 is 0 Å². The molecule has 0 saturated heterocycles. The van der Waals surface area contributed by atoms with Crippen LogP contribution in [0.2, 0.25) is 0 Å². The van der Waals surface area contributed by atoms with E-state index in [1.807, 2.05) is 6.92 Å². The Morgan fingerprint density at radius 1 is 1.50 bits per heavy atom. The summed E-state index contributed by atoms with van der Waals surface area (Å²) in [6.07, 6.45) is 2.35. The molecule has 2 N–H and O–H groups in total. The molecule has 0 radical (unpaired) electrons. The lowest BCUT2D eigenvalue weighted by Crippen LogP contribution is -2.14. The maximum Gasteiger partial charge on any atom is 0.182 e. The monoisotopic (exact) mass is 297 g/mol. The van der Waals surface area contributed by atoms with Crippen LogP contribution in [0.3, 0.4) is 0 Å². The summed E-state index contributed by atoms with van der Waals surface area (Å²) in [7, 11) is -0.888. The van der Waals surface area contributed by atoms with Gasteiger partial charge in [0.2, 0.25) is 0 Å². The van der Waals surface area contributed by atoms with Gasteiger partial charge < -0.3 is 5.73 Å². The highest BCUT2D eigenvalue weighted by atomic mass is 32.2. The third-order valence-electron chi connectivity index (χ3n) is 3.10. The second-order valence-corrected chi connectivity index (χ2v) is 6.36. The number of nitrogen functional groups attached to an aromatic ring is 1. The maximum atomic E-state index is 13.5. The number of hydrogen-bond donors (Lipinski definition) is 1. The van der Waals surface area contributed by atoms with Gasteiger partial charge in [-0.05, 0) is 35.0 Å². The molecular formula is C12H16FN5OS. The predicted molar refractivity (Wildman–Crippen MR) is 75.8 cm³/mol. The van der Waals surface area contributed by atoms with Gasteiger partial charge >= 0.3 is 0 Å². The van der Waals surface area contributed by atoms with Crippen LogP contribution in [0.25, 0.3) is 11.4 Å². The second kappa shape index (κ2) is 6.08. The third kappa shape index (κ3) is 3.19. The van der Waals surface area contributed by atoms with Crippen LogP contribution < -0.4 is 5.73 Å². The minimum absolute atomic E-state index is 0.0511. The molecule has 0 aliphatic carbocycles. The Morgan fingerprint density at radius 3 is 2.90 bits per heavy atom. The van der Waals surface area contributed by atoms with Crippen LogP contribution in [0.5, 0.6) is 0 Å². The Hall–Kier alpha value is -1.83. The van der Waals surface area contributed by atoms with Crippen molar-refractivity contribution in [1.82, 2.24) is 20.2 Å². The molecule has 0 fully saturated rings. The molecule has 1 aromatic heterocycles. The molecule has 1 aromatic carbocycles. The summed E-state index contributed by atoms with van der Waals surface area (Å²) < 4.78 is 26.4. The van der Waals surface area contributed by atoms with Crippen molar-refractivity contribution in [3.63, 3.8) is 0 Å². The van der Waals surface area contributed by atoms with Gasteiger partial charge in [0.05, 0.1) is 5.69 Å². The van der Waals surface area contributed by atoms with E-state index in [9.17, 15) is 8.60 Å². The first kappa shape index (κ1) is 14.6. The van der Waals surface area contributed by atoms with Crippen molar-refractivity contribution in [1.29, 1.82) is 0 Å². The average Bonchev–Trinajstić information content (AvgIpc) is 2.87. The number of halogens is 1. The van der Waals surface area contributed by atoms with Gasteiger partial charge in [-0.1, -0.05) is 6.92 Å². The van der Waals surface area contributed by atoms with E-state index < -0.39 is 16.6 Å². The molecule has 0 amide bonds. The number of nitrogens with zero attached hydrogens (tertiary/aromatic N) is 4. The van der Waals surface area contributed by atoms with Gasteiger partial charge in [0.15, 0.2) is 5.82 Å². The van der Waals surface area contributed by atoms with Gasteiger partial charge in [-0.15, -0.1) is 5.10 Å². The number of anilines is 1. The quantitative estimate of drug-likeness (QED) is 0.838. The SMILES string of the molecule is CC(CCn1nnnc1-c1ccc(N)c(F)c1)S(C)=O. The second-order valence-electron chi connectivity index (χ2n) is 4.56. The van der Waals surface area contributed by atoms with Crippen molar-refractivity contribution in [2.45, 2.75) is 25.1 Å². The van der Waals surface area contributed by atoms with Gasteiger partial charge in [0, 0.05) is 34.4 Å². The molecule has 0 aliphatic rings. The normalized spacial score (nSPS) is 14.2. The van der Waals surface area contributed by atoms with Crippen LogP contribution in [0.4, 0.5) is 10.1 Å². The zero-order valence-corrected chi connectivity index (χ0v) is 12.1. The molecule has 2 atom stereocenters. The fraction of sp³-hybridized carbons (Fsp3) is 0.417. The van der Waals surface area contributed by atoms with Crippen molar-refractivity contribution in [2.75, 3.05) is 12.0 Å². The molecule has 2 aromatic rings.